The number of aromatic nitrogens is 1. The fourth-order valence-electron chi connectivity index (χ4n) is 3.07. The second-order valence-electron chi connectivity index (χ2n) is 6.78. The molecule has 1 N–H and O–H groups in total. The number of anilines is 2. The topological polar surface area (TPSA) is 79.4 Å². The summed E-state index contributed by atoms with van der Waals surface area (Å²) in [4.78, 5) is 18.4. The van der Waals surface area contributed by atoms with E-state index in [2.05, 4.69) is 23.3 Å². The van der Waals surface area contributed by atoms with Crippen molar-refractivity contribution in [3.05, 3.63) is 53.2 Å². The largest absolute Gasteiger partial charge is 0.340 e. The van der Waals surface area contributed by atoms with Gasteiger partial charge in [0.15, 0.2) is 9.84 Å². The molecule has 0 spiro atoms. The molecule has 26 heavy (non-hydrogen) atoms. The van der Waals surface area contributed by atoms with E-state index in [4.69, 9.17) is 0 Å². The summed E-state index contributed by atoms with van der Waals surface area (Å²) in [6.45, 7) is 4.09. The van der Waals surface area contributed by atoms with Gasteiger partial charge in [-0.1, -0.05) is 12.1 Å². The van der Waals surface area contributed by atoms with Crippen molar-refractivity contribution in [3.8, 4) is 0 Å². The highest BCUT2D eigenvalue weighted by Crippen LogP contribution is 2.22. The molecule has 0 radical (unpaired) electrons. The van der Waals surface area contributed by atoms with Crippen LogP contribution in [0.3, 0.4) is 0 Å². The van der Waals surface area contributed by atoms with E-state index in [9.17, 15) is 13.2 Å². The molecule has 2 heterocycles. The van der Waals surface area contributed by atoms with Crippen LogP contribution in [0.5, 0.6) is 0 Å². The Bertz CT molecular complexity index is 924. The average Bonchev–Trinajstić information content (AvgIpc) is 2.98. The predicted octanol–water partition coefficient (Wildman–Crippen LogP) is 2.70. The minimum Gasteiger partial charge on any atom is -0.340 e. The van der Waals surface area contributed by atoms with Gasteiger partial charge in [-0.3, -0.25) is 4.79 Å². The summed E-state index contributed by atoms with van der Waals surface area (Å²) in [7, 11) is -1.38. The Labute approximate surface area is 154 Å². The molecule has 1 aliphatic rings. The third-order valence-corrected chi connectivity index (χ3v) is 6.70. The number of sulfone groups is 1. The summed E-state index contributed by atoms with van der Waals surface area (Å²) >= 11 is 0. The summed E-state index contributed by atoms with van der Waals surface area (Å²) in [6.07, 6.45) is 2.01. The first kappa shape index (κ1) is 18.4. The SMILES string of the molecule is Cc1cccc(Nc2ccc(C(=O)N(C)C3CCS(=O)(=O)C3)cn2)c1C. The third kappa shape index (κ3) is 3.88. The molecule has 7 heteroatoms. The molecule has 0 bridgehead atoms. The van der Waals surface area contributed by atoms with Gasteiger partial charge in [0.1, 0.15) is 5.82 Å². The summed E-state index contributed by atoms with van der Waals surface area (Å²) < 4.78 is 23.2. The number of carbonyl (C=O) groups is 1. The highest BCUT2D eigenvalue weighted by molar-refractivity contribution is 7.91. The normalized spacial score (nSPS) is 18.5. The maximum Gasteiger partial charge on any atom is 0.255 e. The fourth-order valence-corrected chi connectivity index (χ4v) is 4.84. The predicted molar refractivity (Wildman–Crippen MR) is 103 cm³/mol. The van der Waals surface area contributed by atoms with Crippen LogP contribution < -0.4 is 5.32 Å². The lowest BCUT2D eigenvalue weighted by Gasteiger charge is -2.23. The van der Waals surface area contributed by atoms with Crippen molar-refractivity contribution in [2.45, 2.75) is 26.3 Å². The van der Waals surface area contributed by atoms with Crippen LogP contribution in [-0.2, 0) is 9.84 Å². The van der Waals surface area contributed by atoms with Gasteiger partial charge >= 0.3 is 0 Å². The second kappa shape index (κ2) is 7.07. The molecule has 6 nitrogen and oxygen atoms in total. The van der Waals surface area contributed by atoms with E-state index in [1.165, 1.54) is 16.7 Å². The van der Waals surface area contributed by atoms with Crippen LogP contribution in [0.4, 0.5) is 11.5 Å². The minimum absolute atomic E-state index is 0.0366. The van der Waals surface area contributed by atoms with Crippen LogP contribution >= 0.6 is 0 Å². The van der Waals surface area contributed by atoms with Crippen LogP contribution in [0.15, 0.2) is 36.5 Å². The van der Waals surface area contributed by atoms with Gasteiger partial charge in [-0.15, -0.1) is 0 Å². The third-order valence-electron chi connectivity index (χ3n) is 4.95. The van der Waals surface area contributed by atoms with E-state index in [-0.39, 0.29) is 23.5 Å². The number of benzene rings is 1. The molecule has 1 fully saturated rings. The van der Waals surface area contributed by atoms with Gasteiger partial charge in [0.25, 0.3) is 5.91 Å². The first-order chi connectivity index (χ1) is 12.3. The minimum atomic E-state index is -3.02. The van der Waals surface area contributed by atoms with E-state index in [1.807, 2.05) is 19.1 Å². The molecule has 2 aromatic rings. The summed E-state index contributed by atoms with van der Waals surface area (Å²) in [6, 6.07) is 9.22. The molecule has 1 atom stereocenters. The standard InChI is InChI=1S/C19H23N3O3S/c1-13-5-4-6-17(14(13)2)21-18-8-7-15(11-20-18)19(23)22(3)16-9-10-26(24,25)12-16/h4-8,11,16H,9-10,12H2,1-3H3,(H,20,21). The van der Waals surface area contributed by atoms with Crippen molar-refractivity contribution >= 4 is 27.2 Å². The van der Waals surface area contributed by atoms with Gasteiger partial charge in [-0.05, 0) is 49.6 Å². The lowest BCUT2D eigenvalue weighted by atomic mass is 10.1. The van der Waals surface area contributed by atoms with Crippen molar-refractivity contribution in [3.63, 3.8) is 0 Å². The van der Waals surface area contributed by atoms with E-state index >= 15 is 0 Å². The number of carbonyl (C=O) groups excluding carboxylic acids is 1. The zero-order chi connectivity index (χ0) is 18.9. The maximum atomic E-state index is 12.6. The molecule has 1 unspecified atom stereocenters. The quantitative estimate of drug-likeness (QED) is 0.891. The number of rotatable bonds is 4. The van der Waals surface area contributed by atoms with E-state index in [1.54, 1.807) is 19.2 Å². The molecule has 1 aromatic carbocycles. The number of hydrogen-bond donors (Lipinski definition) is 1. The lowest BCUT2D eigenvalue weighted by Crippen LogP contribution is -2.37. The van der Waals surface area contributed by atoms with Gasteiger partial charge in [-0.2, -0.15) is 0 Å². The molecular formula is C19H23N3O3S. The van der Waals surface area contributed by atoms with Crippen LogP contribution in [0.1, 0.15) is 27.9 Å². The Hall–Kier alpha value is -2.41. The van der Waals surface area contributed by atoms with Crippen LogP contribution in [0, 0.1) is 13.8 Å². The Morgan fingerprint density at radius 1 is 1.23 bits per heavy atom. The second-order valence-corrected chi connectivity index (χ2v) is 9.01. The van der Waals surface area contributed by atoms with E-state index < -0.39 is 9.84 Å². The van der Waals surface area contributed by atoms with E-state index in [0.29, 0.717) is 17.8 Å². The summed E-state index contributed by atoms with van der Waals surface area (Å²) in [5, 5.41) is 3.26. The Morgan fingerprint density at radius 2 is 2.00 bits per heavy atom. The first-order valence-corrected chi connectivity index (χ1v) is 10.4. The van der Waals surface area contributed by atoms with Gasteiger partial charge < -0.3 is 10.2 Å². The monoisotopic (exact) mass is 373 g/mol. The average molecular weight is 373 g/mol. The number of nitrogens with one attached hydrogen (secondary N) is 1. The highest BCUT2D eigenvalue weighted by Gasteiger charge is 2.33. The molecular weight excluding hydrogens is 350 g/mol. The Balaban J connectivity index is 1.71. The van der Waals surface area contributed by atoms with Crippen molar-refractivity contribution in [2.24, 2.45) is 0 Å². The summed E-state index contributed by atoms with van der Waals surface area (Å²) in [5.41, 5.74) is 3.76. The number of hydrogen-bond acceptors (Lipinski definition) is 5. The molecule has 1 aromatic heterocycles. The van der Waals surface area contributed by atoms with Crippen LogP contribution in [-0.4, -0.2) is 48.8 Å². The summed E-state index contributed by atoms with van der Waals surface area (Å²) in [5.74, 6) is 0.625. The Morgan fingerprint density at radius 3 is 2.62 bits per heavy atom. The Kier molecular flexibility index (Phi) is 5.00. The van der Waals surface area contributed by atoms with Gasteiger partial charge in [0.2, 0.25) is 0 Å². The maximum absolute atomic E-state index is 12.6. The van der Waals surface area contributed by atoms with Crippen LogP contribution in [0.2, 0.25) is 0 Å². The van der Waals surface area contributed by atoms with Gasteiger partial charge in [0, 0.05) is 25.0 Å². The zero-order valence-corrected chi connectivity index (χ0v) is 16.0. The van der Waals surface area contributed by atoms with Crippen molar-refractivity contribution in [2.75, 3.05) is 23.9 Å². The van der Waals surface area contributed by atoms with Crippen molar-refractivity contribution < 1.29 is 13.2 Å². The first-order valence-electron chi connectivity index (χ1n) is 8.54. The molecule has 1 saturated heterocycles. The fraction of sp³-hybridized carbons (Fsp3) is 0.368. The number of nitrogens with zero attached hydrogens (tertiary/aromatic N) is 2. The zero-order valence-electron chi connectivity index (χ0n) is 15.2. The number of pyridine rings is 1. The van der Waals surface area contributed by atoms with Gasteiger partial charge in [-0.25, -0.2) is 13.4 Å². The van der Waals surface area contributed by atoms with Crippen LogP contribution in [0.25, 0.3) is 0 Å². The lowest BCUT2D eigenvalue weighted by molar-refractivity contribution is 0.0747. The smallest absolute Gasteiger partial charge is 0.255 e. The molecule has 0 saturated carbocycles. The molecule has 138 valence electrons. The van der Waals surface area contributed by atoms with E-state index in [0.717, 1.165) is 11.3 Å². The molecule has 1 aliphatic heterocycles. The van der Waals surface area contributed by atoms with Gasteiger partial charge in [0.05, 0.1) is 17.1 Å². The highest BCUT2D eigenvalue weighted by atomic mass is 32.2. The number of amides is 1. The van der Waals surface area contributed by atoms with Crippen molar-refractivity contribution in [1.82, 2.24) is 9.88 Å². The molecule has 1 amide bonds. The molecule has 0 aliphatic carbocycles. The number of aryl methyl sites for hydroxylation is 1. The van der Waals surface area contributed by atoms with Crippen molar-refractivity contribution in [1.29, 1.82) is 0 Å². The molecule has 3 rings (SSSR count).